The van der Waals surface area contributed by atoms with Crippen LogP contribution in [0.3, 0.4) is 0 Å². The molecule has 0 atom stereocenters. The fraction of sp³-hybridized carbons (Fsp3) is 0.333. The van der Waals surface area contributed by atoms with Crippen LogP contribution in [-0.2, 0) is 14.8 Å². The van der Waals surface area contributed by atoms with Gasteiger partial charge in [-0.05, 0) is 0 Å². The van der Waals surface area contributed by atoms with E-state index in [-0.39, 0.29) is 0 Å². The van der Waals surface area contributed by atoms with Gasteiger partial charge in [0.15, 0.2) is 0 Å². The number of hydrogen-bond donors (Lipinski definition) is 2. The van der Waals surface area contributed by atoms with Crippen molar-refractivity contribution in [3.8, 4) is 0 Å². The Bertz CT molecular complexity index is 195. The summed E-state index contributed by atoms with van der Waals surface area (Å²) in [5.41, 5.74) is 4.58. The van der Waals surface area contributed by atoms with E-state index in [2.05, 4.69) is 5.73 Å². The van der Waals surface area contributed by atoms with Gasteiger partial charge >= 0.3 is 0 Å². The summed E-state index contributed by atoms with van der Waals surface area (Å²) < 4.78 is 22.2. The minimum absolute atomic E-state index is 0.676. The van der Waals surface area contributed by atoms with E-state index in [4.69, 9.17) is 0 Å². The molecule has 0 aliphatic heterocycles. The van der Waals surface area contributed by atoms with Crippen molar-refractivity contribution in [2.24, 2.45) is 5.73 Å². The zero-order valence-electron chi connectivity index (χ0n) is 4.79. The van der Waals surface area contributed by atoms with Crippen LogP contribution in [0.15, 0.2) is 0 Å². The zero-order chi connectivity index (χ0) is 7.49. The predicted molar refractivity (Wildman–Crippen MR) is 31.5 cm³/mol. The molecular weight excluding hydrogens is 144 g/mol. The van der Waals surface area contributed by atoms with E-state index < -0.39 is 15.9 Å². The van der Waals surface area contributed by atoms with Crippen LogP contribution < -0.4 is 10.5 Å². The molecule has 0 heterocycles. The Morgan fingerprint density at radius 2 is 2.11 bits per heavy atom. The Labute approximate surface area is 53.3 Å². The standard InChI is InChI=1S/C3H7N2O3S/c1-9(7,8)5-2-3(4)6/h2,5H,1H3,(H2,4,6). The first-order valence-electron chi connectivity index (χ1n) is 2.02. The number of carbonyl (C=O) groups excluding carboxylic acids is 1. The zero-order valence-corrected chi connectivity index (χ0v) is 5.60. The molecular formula is C3H7N2O3S. The maximum atomic E-state index is 10.2. The van der Waals surface area contributed by atoms with Crippen LogP contribution in [0, 0.1) is 6.54 Å². The Balaban J connectivity index is 3.67. The summed E-state index contributed by atoms with van der Waals surface area (Å²) >= 11 is 0. The summed E-state index contributed by atoms with van der Waals surface area (Å²) in [4.78, 5) is 9.89. The van der Waals surface area contributed by atoms with Crippen LogP contribution in [0.4, 0.5) is 0 Å². The molecule has 0 aromatic rings. The van der Waals surface area contributed by atoms with Crippen LogP contribution >= 0.6 is 0 Å². The van der Waals surface area contributed by atoms with Gasteiger partial charge in [-0.25, -0.2) is 13.1 Å². The van der Waals surface area contributed by atoms with Gasteiger partial charge in [0.1, 0.15) is 6.54 Å². The van der Waals surface area contributed by atoms with Crippen molar-refractivity contribution in [2.45, 2.75) is 0 Å². The summed E-state index contributed by atoms with van der Waals surface area (Å²) in [6.45, 7) is 0.676. The topological polar surface area (TPSA) is 89.3 Å². The third kappa shape index (κ3) is 7.38. The normalized spacial score (nSPS) is 11.2. The molecule has 5 nitrogen and oxygen atoms in total. The molecule has 0 spiro atoms. The highest BCUT2D eigenvalue weighted by atomic mass is 32.2. The van der Waals surface area contributed by atoms with Gasteiger partial charge in [-0.1, -0.05) is 0 Å². The number of nitrogens with one attached hydrogen (secondary N) is 1. The van der Waals surface area contributed by atoms with Gasteiger partial charge in [-0.3, -0.25) is 4.79 Å². The fourth-order valence-electron chi connectivity index (χ4n) is 0.165. The van der Waals surface area contributed by atoms with Crippen LogP contribution in [0.1, 0.15) is 0 Å². The number of rotatable bonds is 3. The largest absolute Gasteiger partial charge is 0.368 e. The first-order chi connectivity index (χ1) is 3.92. The van der Waals surface area contributed by atoms with E-state index in [1.54, 1.807) is 4.72 Å². The van der Waals surface area contributed by atoms with Gasteiger partial charge in [0, 0.05) is 0 Å². The lowest BCUT2D eigenvalue weighted by atomic mass is 10.7. The van der Waals surface area contributed by atoms with Crippen LogP contribution in [0.2, 0.25) is 0 Å². The van der Waals surface area contributed by atoms with Gasteiger partial charge in [-0.15, -0.1) is 0 Å². The summed E-state index contributed by atoms with van der Waals surface area (Å²) in [5, 5.41) is 0. The van der Waals surface area contributed by atoms with E-state index in [0.717, 1.165) is 6.26 Å². The molecule has 0 aliphatic rings. The van der Waals surface area contributed by atoms with E-state index in [1.807, 2.05) is 0 Å². The first kappa shape index (κ1) is 8.38. The second-order valence-electron chi connectivity index (χ2n) is 1.44. The van der Waals surface area contributed by atoms with Gasteiger partial charge in [0.2, 0.25) is 15.9 Å². The minimum atomic E-state index is -3.33. The monoisotopic (exact) mass is 151 g/mol. The molecule has 0 aromatic carbocycles. The molecule has 0 unspecified atom stereocenters. The molecule has 0 rings (SSSR count). The van der Waals surface area contributed by atoms with E-state index in [1.165, 1.54) is 0 Å². The number of hydrogen-bond acceptors (Lipinski definition) is 3. The molecule has 53 valence electrons. The average molecular weight is 151 g/mol. The first-order valence-corrected chi connectivity index (χ1v) is 3.91. The maximum Gasteiger partial charge on any atom is 0.237 e. The van der Waals surface area contributed by atoms with Crippen molar-refractivity contribution >= 4 is 15.9 Å². The number of nitrogens with two attached hydrogens (primary N) is 1. The van der Waals surface area contributed by atoms with Crippen LogP contribution in [0.5, 0.6) is 0 Å². The Hall–Kier alpha value is -0.620. The van der Waals surface area contributed by atoms with Crippen molar-refractivity contribution in [1.82, 2.24) is 4.72 Å². The third-order valence-corrected chi connectivity index (χ3v) is 0.961. The summed E-state index contributed by atoms with van der Waals surface area (Å²) in [6.07, 6.45) is 0.923. The minimum Gasteiger partial charge on any atom is -0.368 e. The third-order valence-electron chi connectivity index (χ3n) is 0.415. The summed E-state index contributed by atoms with van der Waals surface area (Å²) in [5.74, 6) is -0.819. The number of amides is 1. The van der Waals surface area contributed by atoms with Crippen molar-refractivity contribution < 1.29 is 13.2 Å². The van der Waals surface area contributed by atoms with Crippen LogP contribution in [0.25, 0.3) is 0 Å². The van der Waals surface area contributed by atoms with E-state index >= 15 is 0 Å². The second-order valence-corrected chi connectivity index (χ2v) is 3.22. The molecule has 1 radical (unpaired) electrons. The second kappa shape index (κ2) is 2.79. The Kier molecular flexibility index (Phi) is 2.60. The van der Waals surface area contributed by atoms with Crippen molar-refractivity contribution in [3.05, 3.63) is 6.54 Å². The average Bonchev–Trinajstić information content (AvgIpc) is 1.59. The van der Waals surface area contributed by atoms with E-state index in [0.29, 0.717) is 6.54 Å². The molecule has 9 heavy (non-hydrogen) atoms. The summed E-state index contributed by atoms with van der Waals surface area (Å²) in [7, 11) is -3.33. The van der Waals surface area contributed by atoms with E-state index in [9.17, 15) is 13.2 Å². The van der Waals surface area contributed by atoms with Gasteiger partial charge in [0.25, 0.3) is 0 Å². The highest BCUT2D eigenvalue weighted by molar-refractivity contribution is 7.88. The van der Waals surface area contributed by atoms with Gasteiger partial charge in [0.05, 0.1) is 6.26 Å². The SMILES string of the molecule is CS(=O)(=O)N[CH]C(N)=O. The maximum absolute atomic E-state index is 10.2. The molecule has 0 saturated heterocycles. The Morgan fingerprint density at radius 3 is 2.22 bits per heavy atom. The van der Waals surface area contributed by atoms with Crippen LogP contribution in [-0.4, -0.2) is 20.6 Å². The molecule has 1 amide bonds. The molecule has 0 bridgehead atoms. The quantitative estimate of drug-likeness (QED) is 0.497. The predicted octanol–water partition coefficient (Wildman–Crippen LogP) is -1.82. The molecule has 0 saturated carbocycles. The number of carbonyl (C=O) groups is 1. The summed E-state index contributed by atoms with van der Waals surface area (Å²) in [6, 6.07) is 0. The lowest BCUT2D eigenvalue weighted by Gasteiger charge is -1.94. The molecule has 3 N–H and O–H groups in total. The van der Waals surface area contributed by atoms with Gasteiger partial charge < -0.3 is 5.73 Å². The fourth-order valence-corrected chi connectivity index (χ4v) is 0.495. The number of primary amides is 1. The highest BCUT2D eigenvalue weighted by Gasteiger charge is 2.01. The molecule has 0 aromatic heterocycles. The van der Waals surface area contributed by atoms with Crippen molar-refractivity contribution in [1.29, 1.82) is 0 Å². The van der Waals surface area contributed by atoms with Crippen molar-refractivity contribution in [3.63, 3.8) is 0 Å². The molecule has 6 heteroatoms. The lowest BCUT2D eigenvalue weighted by molar-refractivity contribution is -0.115. The molecule has 0 fully saturated rings. The number of sulfonamides is 1. The Morgan fingerprint density at radius 1 is 1.67 bits per heavy atom. The van der Waals surface area contributed by atoms with Gasteiger partial charge in [-0.2, -0.15) is 0 Å². The molecule has 0 aliphatic carbocycles. The lowest BCUT2D eigenvalue weighted by Crippen LogP contribution is -2.27. The smallest absolute Gasteiger partial charge is 0.237 e. The van der Waals surface area contributed by atoms with Crippen molar-refractivity contribution in [2.75, 3.05) is 6.26 Å². The highest BCUT2D eigenvalue weighted by Crippen LogP contribution is 1.74.